The number of hydrogen-bond donors (Lipinski definition) is 3. The lowest BCUT2D eigenvalue weighted by Crippen LogP contribution is -2.39. The monoisotopic (exact) mass is 463 g/mol. The average molecular weight is 464 g/mol. The van der Waals surface area contributed by atoms with Gasteiger partial charge in [0.05, 0.1) is 6.61 Å². The van der Waals surface area contributed by atoms with Gasteiger partial charge in [-0.15, -0.1) is 0 Å². The molecule has 0 saturated carbocycles. The van der Waals surface area contributed by atoms with E-state index in [4.69, 9.17) is 0 Å². The topological polar surface area (TPSA) is 98.1 Å². The maximum absolute atomic E-state index is 12.3. The van der Waals surface area contributed by atoms with Crippen molar-refractivity contribution in [2.75, 3.05) is 19.7 Å². The molecule has 0 aliphatic rings. The lowest BCUT2D eigenvalue weighted by atomic mass is 10.0. The van der Waals surface area contributed by atoms with Crippen LogP contribution in [0.3, 0.4) is 0 Å². The van der Waals surface area contributed by atoms with E-state index in [1.54, 1.807) is 0 Å². The fraction of sp³-hybridized carbons (Fsp3) is 0.958. The molecule has 0 bridgehead atoms. The smallest absolute Gasteiger partial charge is 0.332 e. The van der Waals surface area contributed by atoms with E-state index in [0.717, 1.165) is 19.3 Å². The molecule has 6 nitrogen and oxygen atoms in total. The zero-order valence-corrected chi connectivity index (χ0v) is 21.2. The van der Waals surface area contributed by atoms with E-state index in [0.29, 0.717) is 19.4 Å². The molecule has 0 aliphatic heterocycles. The van der Waals surface area contributed by atoms with Crippen LogP contribution < -0.4 is 0 Å². The summed E-state index contributed by atoms with van der Waals surface area (Å²) in [6.45, 7) is 3.99. The third-order valence-electron chi connectivity index (χ3n) is 5.97. The quantitative estimate of drug-likeness (QED) is 0.135. The van der Waals surface area contributed by atoms with Gasteiger partial charge in [0.2, 0.25) is 5.91 Å². The molecule has 0 spiro atoms. The average Bonchev–Trinajstić information content (AvgIpc) is 2.72. The van der Waals surface area contributed by atoms with E-state index in [1.165, 1.54) is 81.9 Å². The molecular formula is C24H50NO5P. The standard InChI is InChI=1S/C24H50NO5P/c1-3-5-6-7-8-9-10-11-12-13-14-15-16-17-18-20-25(24(27)19-4-2)21-23(22-26)31(28,29)30/h23,26H,3-22H2,1-2H3,(H2,28,29,30). The molecule has 0 rings (SSSR count). The van der Waals surface area contributed by atoms with Gasteiger partial charge >= 0.3 is 7.60 Å². The van der Waals surface area contributed by atoms with Gasteiger partial charge in [-0.05, 0) is 12.8 Å². The van der Waals surface area contributed by atoms with Gasteiger partial charge in [0.25, 0.3) is 0 Å². The molecule has 0 saturated heterocycles. The summed E-state index contributed by atoms with van der Waals surface area (Å²) in [6, 6.07) is 0. The lowest BCUT2D eigenvalue weighted by molar-refractivity contribution is -0.131. The first kappa shape index (κ1) is 30.6. The molecule has 7 heteroatoms. The van der Waals surface area contributed by atoms with Gasteiger partial charge in [-0.25, -0.2) is 0 Å². The number of aliphatic hydroxyl groups is 1. The second-order valence-corrected chi connectivity index (χ2v) is 10.9. The van der Waals surface area contributed by atoms with Crippen molar-refractivity contribution in [2.24, 2.45) is 0 Å². The van der Waals surface area contributed by atoms with E-state index in [9.17, 15) is 24.3 Å². The number of amides is 1. The molecule has 0 radical (unpaired) electrons. The van der Waals surface area contributed by atoms with Crippen LogP contribution >= 0.6 is 7.60 Å². The summed E-state index contributed by atoms with van der Waals surface area (Å²) in [7, 11) is -4.41. The molecule has 0 aromatic heterocycles. The van der Waals surface area contributed by atoms with Gasteiger partial charge in [-0.2, -0.15) is 0 Å². The zero-order valence-electron chi connectivity index (χ0n) is 20.3. The molecule has 0 aromatic carbocycles. The second kappa shape index (κ2) is 20.2. The highest BCUT2D eigenvalue weighted by Gasteiger charge is 2.31. The van der Waals surface area contributed by atoms with Gasteiger partial charge in [-0.1, -0.05) is 104 Å². The van der Waals surface area contributed by atoms with Gasteiger partial charge in [0.1, 0.15) is 5.66 Å². The Morgan fingerprint density at radius 2 is 1.16 bits per heavy atom. The molecule has 0 heterocycles. The van der Waals surface area contributed by atoms with Crippen molar-refractivity contribution < 1.29 is 24.3 Å². The van der Waals surface area contributed by atoms with Crippen LogP contribution in [0.5, 0.6) is 0 Å². The predicted molar refractivity (Wildman–Crippen MR) is 129 cm³/mol. The summed E-state index contributed by atoms with van der Waals surface area (Å²) < 4.78 is 11.5. The number of aliphatic hydroxyl groups excluding tert-OH is 1. The van der Waals surface area contributed by atoms with Crippen LogP contribution in [0.25, 0.3) is 0 Å². The third-order valence-corrected chi connectivity index (χ3v) is 7.24. The minimum atomic E-state index is -4.41. The van der Waals surface area contributed by atoms with Crippen LogP contribution in [0.1, 0.15) is 123 Å². The fourth-order valence-electron chi connectivity index (χ4n) is 3.89. The van der Waals surface area contributed by atoms with E-state index in [-0.39, 0.29) is 12.5 Å². The molecule has 1 unspecified atom stereocenters. The van der Waals surface area contributed by atoms with Crippen molar-refractivity contribution >= 4 is 13.5 Å². The zero-order chi connectivity index (χ0) is 23.4. The largest absolute Gasteiger partial charge is 0.395 e. The van der Waals surface area contributed by atoms with Gasteiger partial charge in [-0.3, -0.25) is 9.36 Å². The molecule has 1 amide bonds. The van der Waals surface area contributed by atoms with Crippen molar-refractivity contribution in [1.82, 2.24) is 4.90 Å². The van der Waals surface area contributed by atoms with Crippen molar-refractivity contribution in [3.05, 3.63) is 0 Å². The minimum absolute atomic E-state index is 0.0712. The Balaban J connectivity index is 3.83. The normalized spacial score (nSPS) is 12.8. The number of rotatable bonds is 22. The maximum Gasteiger partial charge on any atom is 0.332 e. The predicted octanol–water partition coefficient (Wildman–Crippen LogP) is 6.03. The summed E-state index contributed by atoms with van der Waals surface area (Å²) >= 11 is 0. The van der Waals surface area contributed by atoms with E-state index < -0.39 is 19.9 Å². The molecule has 3 N–H and O–H groups in total. The molecule has 0 fully saturated rings. The highest BCUT2D eigenvalue weighted by Crippen LogP contribution is 2.41. The Kier molecular flexibility index (Phi) is 19.9. The number of carbonyl (C=O) groups excluding carboxylic acids is 1. The first-order chi connectivity index (χ1) is 14.9. The number of carbonyl (C=O) groups is 1. The van der Waals surface area contributed by atoms with E-state index in [1.807, 2.05) is 6.92 Å². The van der Waals surface area contributed by atoms with E-state index in [2.05, 4.69) is 6.92 Å². The number of nitrogens with zero attached hydrogens (tertiary/aromatic N) is 1. The van der Waals surface area contributed by atoms with Gasteiger partial charge in [0.15, 0.2) is 0 Å². The molecule has 0 aliphatic carbocycles. The fourth-order valence-corrected chi connectivity index (χ4v) is 4.51. The van der Waals surface area contributed by atoms with Crippen molar-refractivity contribution in [3.63, 3.8) is 0 Å². The van der Waals surface area contributed by atoms with Crippen LogP contribution in [-0.4, -0.2) is 51.1 Å². The SMILES string of the molecule is CCCCCCCCCCCCCCCCCN(CC(CO)P(=O)(O)O)C(=O)CCC. The Labute approximate surface area is 191 Å². The summed E-state index contributed by atoms with van der Waals surface area (Å²) in [5.41, 5.74) is -1.19. The van der Waals surface area contributed by atoms with E-state index >= 15 is 0 Å². The molecule has 186 valence electrons. The molecule has 1 atom stereocenters. The van der Waals surface area contributed by atoms with Gasteiger partial charge < -0.3 is 19.8 Å². The summed E-state index contributed by atoms with van der Waals surface area (Å²) in [5, 5.41) is 9.30. The Hall–Kier alpha value is -0.420. The maximum atomic E-state index is 12.3. The van der Waals surface area contributed by atoms with Crippen LogP contribution in [0.4, 0.5) is 0 Å². The lowest BCUT2D eigenvalue weighted by Gasteiger charge is -2.27. The Bertz CT molecular complexity index is 469. The van der Waals surface area contributed by atoms with Crippen molar-refractivity contribution in [3.8, 4) is 0 Å². The highest BCUT2D eigenvalue weighted by molar-refractivity contribution is 7.52. The van der Waals surface area contributed by atoms with Gasteiger partial charge in [0, 0.05) is 19.5 Å². The number of unbranched alkanes of at least 4 members (excludes halogenated alkanes) is 14. The second-order valence-electron chi connectivity index (χ2n) is 8.96. The summed E-state index contributed by atoms with van der Waals surface area (Å²) in [5.74, 6) is -0.0836. The molecule has 0 aromatic rings. The first-order valence-electron chi connectivity index (χ1n) is 12.8. The molecule has 31 heavy (non-hydrogen) atoms. The van der Waals surface area contributed by atoms with Crippen LogP contribution in [0.2, 0.25) is 0 Å². The Morgan fingerprint density at radius 3 is 1.52 bits per heavy atom. The minimum Gasteiger partial charge on any atom is -0.395 e. The number of hydrogen-bond acceptors (Lipinski definition) is 3. The van der Waals surface area contributed by atoms with Crippen LogP contribution in [0, 0.1) is 0 Å². The van der Waals surface area contributed by atoms with Crippen LogP contribution in [0.15, 0.2) is 0 Å². The van der Waals surface area contributed by atoms with Crippen molar-refractivity contribution in [2.45, 2.75) is 129 Å². The third kappa shape index (κ3) is 17.8. The summed E-state index contributed by atoms with van der Waals surface area (Å²) in [6.07, 6.45) is 20.2. The van der Waals surface area contributed by atoms with Crippen LogP contribution in [-0.2, 0) is 9.36 Å². The first-order valence-corrected chi connectivity index (χ1v) is 14.5. The molecular weight excluding hydrogens is 413 g/mol. The Morgan fingerprint density at radius 1 is 0.742 bits per heavy atom. The highest BCUT2D eigenvalue weighted by atomic mass is 31.2. The van der Waals surface area contributed by atoms with Crippen molar-refractivity contribution in [1.29, 1.82) is 0 Å². The summed E-state index contributed by atoms with van der Waals surface area (Å²) in [4.78, 5) is 32.5.